The molecular formula is C23H30N4O3S. The first kappa shape index (κ1) is 21.7. The largest absolute Gasteiger partial charge is 0.354 e. The maximum Gasteiger partial charge on any atom is 0.242 e. The van der Waals surface area contributed by atoms with Gasteiger partial charge >= 0.3 is 0 Å². The molecular weight excluding hydrogens is 412 g/mol. The van der Waals surface area contributed by atoms with Gasteiger partial charge in [-0.05, 0) is 70.1 Å². The Morgan fingerprint density at radius 1 is 1.23 bits per heavy atom. The van der Waals surface area contributed by atoms with Crippen molar-refractivity contribution in [3.05, 3.63) is 35.5 Å². The summed E-state index contributed by atoms with van der Waals surface area (Å²) in [4.78, 5) is 24.4. The first-order valence-electron chi connectivity index (χ1n) is 11.0. The highest BCUT2D eigenvalue weighted by atomic mass is 32.2. The Labute approximate surface area is 183 Å². The lowest BCUT2D eigenvalue weighted by atomic mass is 9.97. The number of fused-ring (bicyclic) bond motifs is 1. The Morgan fingerprint density at radius 3 is 2.81 bits per heavy atom. The first-order chi connectivity index (χ1) is 14.8. The van der Waals surface area contributed by atoms with Crippen LogP contribution in [0.25, 0.3) is 10.9 Å². The summed E-state index contributed by atoms with van der Waals surface area (Å²) < 4.78 is 23.9. The fourth-order valence-electron chi connectivity index (χ4n) is 4.49. The van der Waals surface area contributed by atoms with Gasteiger partial charge in [0.25, 0.3) is 0 Å². The van der Waals surface area contributed by atoms with Crippen LogP contribution in [-0.4, -0.2) is 49.7 Å². The number of carbonyl (C=O) groups is 1. The van der Waals surface area contributed by atoms with E-state index in [1.807, 2.05) is 11.8 Å². The van der Waals surface area contributed by atoms with Gasteiger partial charge in [0.15, 0.2) is 9.84 Å². The molecule has 2 aliphatic rings. The Morgan fingerprint density at radius 2 is 2.06 bits per heavy atom. The highest BCUT2D eigenvalue weighted by Crippen LogP contribution is 2.27. The van der Waals surface area contributed by atoms with Crippen LogP contribution >= 0.6 is 0 Å². The molecule has 1 saturated heterocycles. The van der Waals surface area contributed by atoms with E-state index in [9.17, 15) is 13.2 Å². The predicted molar refractivity (Wildman–Crippen MR) is 122 cm³/mol. The molecule has 8 heteroatoms. The van der Waals surface area contributed by atoms with Crippen LogP contribution in [0.1, 0.15) is 50.6 Å². The van der Waals surface area contributed by atoms with E-state index in [2.05, 4.69) is 21.4 Å². The Balaban J connectivity index is 1.51. The minimum atomic E-state index is -3.33. The van der Waals surface area contributed by atoms with Crippen molar-refractivity contribution < 1.29 is 13.2 Å². The third-order valence-electron chi connectivity index (χ3n) is 6.22. The fraction of sp³-hybridized carbons (Fsp3) is 0.522. The number of sulfone groups is 1. The van der Waals surface area contributed by atoms with Gasteiger partial charge in [0.05, 0.1) is 16.1 Å². The normalized spacial score (nSPS) is 19.5. The molecule has 2 aromatic rings. The number of rotatable bonds is 6. The zero-order valence-corrected chi connectivity index (χ0v) is 19.0. The van der Waals surface area contributed by atoms with Crippen molar-refractivity contribution in [1.82, 2.24) is 15.3 Å². The number of aryl methyl sites for hydroxylation is 1. The van der Waals surface area contributed by atoms with Crippen LogP contribution in [0, 0.1) is 6.92 Å². The van der Waals surface area contributed by atoms with Gasteiger partial charge in [-0.1, -0.05) is 11.6 Å². The summed E-state index contributed by atoms with van der Waals surface area (Å²) in [6, 6.07) is 4.63. The fourth-order valence-corrected chi connectivity index (χ4v) is 5.13. The predicted octanol–water partition coefficient (Wildman–Crippen LogP) is 3.32. The Kier molecular flexibility index (Phi) is 6.27. The molecule has 1 unspecified atom stereocenters. The minimum Gasteiger partial charge on any atom is -0.354 e. The standard InChI is InChI=1S/C23H30N4O3S/c1-16-19-11-10-18(31(2,29)30)15-20(19)26-23(25-16)27-14-6-9-21(27)22(28)24-13-12-17-7-4-3-5-8-17/h7,10-11,15,21H,3-6,8-9,12-14H2,1-2H3,(H,24,28). The number of hydrogen-bond donors (Lipinski definition) is 1. The van der Waals surface area contributed by atoms with E-state index in [-0.39, 0.29) is 16.8 Å². The second-order valence-corrected chi connectivity index (χ2v) is 10.6. The average Bonchev–Trinajstić information content (AvgIpc) is 3.23. The second-order valence-electron chi connectivity index (χ2n) is 8.56. The number of anilines is 1. The van der Waals surface area contributed by atoms with Crippen molar-refractivity contribution in [3.63, 3.8) is 0 Å². The topological polar surface area (TPSA) is 92.3 Å². The highest BCUT2D eigenvalue weighted by Gasteiger charge is 2.32. The summed E-state index contributed by atoms with van der Waals surface area (Å²) in [7, 11) is -3.33. The van der Waals surface area contributed by atoms with E-state index in [0.717, 1.165) is 43.2 Å². The van der Waals surface area contributed by atoms with Crippen molar-refractivity contribution in [3.8, 4) is 0 Å². The minimum absolute atomic E-state index is 0.0140. The number of allylic oxidation sites excluding steroid dienone is 1. The summed E-state index contributed by atoms with van der Waals surface area (Å²) in [5.41, 5.74) is 2.81. The van der Waals surface area contributed by atoms with Crippen LogP contribution in [0.4, 0.5) is 5.95 Å². The molecule has 0 radical (unpaired) electrons. The van der Waals surface area contributed by atoms with Crippen LogP contribution in [0.5, 0.6) is 0 Å². The number of benzene rings is 1. The summed E-state index contributed by atoms with van der Waals surface area (Å²) >= 11 is 0. The molecule has 4 rings (SSSR count). The van der Waals surface area contributed by atoms with Crippen LogP contribution in [0.15, 0.2) is 34.7 Å². The van der Waals surface area contributed by atoms with E-state index < -0.39 is 9.84 Å². The summed E-state index contributed by atoms with van der Waals surface area (Å²) in [6.45, 7) is 3.25. The molecule has 166 valence electrons. The van der Waals surface area contributed by atoms with Gasteiger partial charge in [-0.25, -0.2) is 18.4 Å². The first-order valence-corrected chi connectivity index (χ1v) is 12.9. The summed E-state index contributed by atoms with van der Waals surface area (Å²) in [5.74, 6) is 0.503. The molecule has 31 heavy (non-hydrogen) atoms. The molecule has 1 atom stereocenters. The third kappa shape index (κ3) is 4.89. The van der Waals surface area contributed by atoms with Crippen molar-refractivity contribution in [2.75, 3.05) is 24.2 Å². The molecule has 1 amide bonds. The lowest BCUT2D eigenvalue weighted by Gasteiger charge is -2.24. The van der Waals surface area contributed by atoms with Crippen LogP contribution in [0.3, 0.4) is 0 Å². The van der Waals surface area contributed by atoms with Crippen molar-refractivity contribution in [2.24, 2.45) is 0 Å². The number of nitrogens with zero attached hydrogens (tertiary/aromatic N) is 3. The lowest BCUT2D eigenvalue weighted by Crippen LogP contribution is -2.44. The highest BCUT2D eigenvalue weighted by molar-refractivity contribution is 7.90. The molecule has 1 fully saturated rings. The maximum absolute atomic E-state index is 12.9. The summed E-state index contributed by atoms with van der Waals surface area (Å²) in [6.07, 6.45) is 10.9. The monoisotopic (exact) mass is 442 g/mol. The molecule has 1 aliphatic carbocycles. The van der Waals surface area contributed by atoms with E-state index >= 15 is 0 Å². The van der Waals surface area contributed by atoms with Gasteiger partial charge in [-0.15, -0.1) is 0 Å². The van der Waals surface area contributed by atoms with Gasteiger partial charge in [0.1, 0.15) is 6.04 Å². The van der Waals surface area contributed by atoms with Gasteiger partial charge < -0.3 is 10.2 Å². The van der Waals surface area contributed by atoms with Crippen LogP contribution < -0.4 is 10.2 Å². The van der Waals surface area contributed by atoms with E-state index in [1.54, 1.807) is 18.2 Å². The third-order valence-corrected chi connectivity index (χ3v) is 7.33. The van der Waals surface area contributed by atoms with Gasteiger partial charge in [0, 0.05) is 24.7 Å². The van der Waals surface area contributed by atoms with Gasteiger partial charge in [0.2, 0.25) is 11.9 Å². The SMILES string of the molecule is Cc1nc(N2CCCC2C(=O)NCCC2=CCCCC2)nc2cc(S(C)(=O)=O)ccc12. The quantitative estimate of drug-likeness (QED) is 0.690. The smallest absolute Gasteiger partial charge is 0.242 e. The Hall–Kier alpha value is -2.48. The Bertz CT molecular complexity index is 1130. The number of nitrogens with one attached hydrogen (secondary N) is 1. The zero-order valence-electron chi connectivity index (χ0n) is 18.2. The van der Waals surface area contributed by atoms with Crippen molar-refractivity contribution in [1.29, 1.82) is 0 Å². The van der Waals surface area contributed by atoms with Crippen molar-refractivity contribution in [2.45, 2.75) is 62.8 Å². The number of amides is 1. The molecule has 7 nitrogen and oxygen atoms in total. The molecule has 1 aliphatic heterocycles. The van der Waals surface area contributed by atoms with Crippen LogP contribution in [0.2, 0.25) is 0 Å². The zero-order chi connectivity index (χ0) is 22.0. The van der Waals surface area contributed by atoms with E-state index in [0.29, 0.717) is 24.6 Å². The molecule has 0 spiro atoms. The molecule has 1 aromatic carbocycles. The number of hydrogen-bond acceptors (Lipinski definition) is 6. The average molecular weight is 443 g/mol. The molecule has 1 aromatic heterocycles. The van der Waals surface area contributed by atoms with Crippen LogP contribution in [-0.2, 0) is 14.6 Å². The van der Waals surface area contributed by atoms with Crippen molar-refractivity contribution >= 4 is 32.6 Å². The maximum atomic E-state index is 12.9. The second kappa shape index (κ2) is 8.94. The van der Waals surface area contributed by atoms with Gasteiger partial charge in [-0.3, -0.25) is 4.79 Å². The van der Waals surface area contributed by atoms with Gasteiger partial charge in [-0.2, -0.15) is 0 Å². The number of carbonyl (C=O) groups excluding carboxylic acids is 1. The van der Waals surface area contributed by atoms with E-state index in [4.69, 9.17) is 0 Å². The van der Waals surface area contributed by atoms with E-state index in [1.165, 1.54) is 24.7 Å². The summed E-state index contributed by atoms with van der Waals surface area (Å²) in [5, 5.41) is 3.91. The molecule has 0 bridgehead atoms. The lowest BCUT2D eigenvalue weighted by molar-refractivity contribution is -0.122. The molecule has 1 N–H and O–H groups in total. The number of aromatic nitrogens is 2. The molecule has 0 saturated carbocycles. The molecule has 2 heterocycles.